The van der Waals surface area contributed by atoms with Gasteiger partial charge in [0, 0.05) is 23.5 Å². The predicted octanol–water partition coefficient (Wildman–Crippen LogP) is 4.80. The van der Waals surface area contributed by atoms with Gasteiger partial charge in [-0.15, -0.1) is 0 Å². The third-order valence-corrected chi connectivity index (χ3v) is 4.93. The Hall–Kier alpha value is -1.28. The van der Waals surface area contributed by atoms with Gasteiger partial charge in [-0.05, 0) is 31.2 Å². The smallest absolute Gasteiger partial charge is 0.134 e. The molecule has 1 fully saturated rings. The number of rotatable bonds is 3. The van der Waals surface area contributed by atoms with E-state index in [9.17, 15) is 0 Å². The number of fused-ring (bicyclic) bond motifs is 1. The largest absolute Gasteiger partial charge is 0.461 e. The molecule has 1 aliphatic rings. The van der Waals surface area contributed by atoms with Crippen LogP contribution in [0, 0.1) is 12.3 Å². The van der Waals surface area contributed by atoms with E-state index in [0.29, 0.717) is 11.5 Å². The minimum Gasteiger partial charge on any atom is -0.461 e. The van der Waals surface area contributed by atoms with E-state index in [-0.39, 0.29) is 0 Å². The van der Waals surface area contributed by atoms with Gasteiger partial charge >= 0.3 is 0 Å². The lowest BCUT2D eigenvalue weighted by Crippen LogP contribution is -2.43. The molecule has 1 aliphatic carbocycles. The maximum absolute atomic E-state index is 5.85. The Morgan fingerprint density at radius 1 is 1.25 bits per heavy atom. The number of para-hydroxylation sites is 1. The molecule has 108 valence electrons. The van der Waals surface area contributed by atoms with Crippen molar-refractivity contribution in [2.45, 2.75) is 59.0 Å². The molecule has 3 rings (SSSR count). The molecule has 2 nitrogen and oxygen atoms in total. The fourth-order valence-electron chi connectivity index (χ4n) is 3.54. The van der Waals surface area contributed by atoms with Gasteiger partial charge in [0.25, 0.3) is 0 Å². The van der Waals surface area contributed by atoms with E-state index in [1.807, 2.05) is 6.07 Å². The topological polar surface area (TPSA) is 25.2 Å². The fourth-order valence-corrected chi connectivity index (χ4v) is 3.54. The lowest BCUT2D eigenvalue weighted by molar-refractivity contribution is 0.166. The van der Waals surface area contributed by atoms with Crippen LogP contribution in [0.3, 0.4) is 0 Å². The number of benzene rings is 1. The van der Waals surface area contributed by atoms with Gasteiger partial charge in [0.05, 0.1) is 0 Å². The normalized spacial score (nSPS) is 22.2. The van der Waals surface area contributed by atoms with Crippen molar-refractivity contribution in [3.8, 4) is 0 Å². The average molecular weight is 271 g/mol. The monoisotopic (exact) mass is 271 g/mol. The zero-order chi connectivity index (χ0) is 14.2. The molecule has 1 unspecified atom stereocenters. The number of furan rings is 1. The maximum atomic E-state index is 5.85. The number of hydrogen-bond acceptors (Lipinski definition) is 2. The molecule has 0 amide bonds. The first kappa shape index (κ1) is 13.7. The molecule has 1 atom stereocenters. The lowest BCUT2D eigenvalue weighted by Gasteiger charge is -2.39. The Balaban J connectivity index is 1.78. The van der Waals surface area contributed by atoms with Crippen LogP contribution in [0.25, 0.3) is 11.0 Å². The van der Waals surface area contributed by atoms with Crippen molar-refractivity contribution in [3.05, 3.63) is 35.6 Å². The van der Waals surface area contributed by atoms with Crippen LogP contribution in [0.15, 0.2) is 28.7 Å². The van der Waals surface area contributed by atoms with E-state index in [0.717, 1.165) is 17.9 Å². The van der Waals surface area contributed by atoms with Crippen molar-refractivity contribution in [2.24, 2.45) is 5.41 Å². The lowest BCUT2D eigenvalue weighted by atomic mass is 9.73. The van der Waals surface area contributed by atoms with E-state index in [2.05, 4.69) is 44.3 Å². The summed E-state index contributed by atoms with van der Waals surface area (Å²) in [5.41, 5.74) is 2.73. The highest BCUT2D eigenvalue weighted by Gasteiger charge is 2.31. The first-order valence-electron chi connectivity index (χ1n) is 7.78. The number of aryl methyl sites for hydroxylation is 1. The summed E-state index contributed by atoms with van der Waals surface area (Å²) in [7, 11) is 0. The third-order valence-electron chi connectivity index (χ3n) is 4.93. The summed E-state index contributed by atoms with van der Waals surface area (Å²) >= 11 is 0. The molecule has 1 heterocycles. The molecule has 1 saturated carbocycles. The van der Waals surface area contributed by atoms with Crippen molar-refractivity contribution in [3.63, 3.8) is 0 Å². The van der Waals surface area contributed by atoms with E-state index in [1.165, 1.54) is 36.6 Å². The Morgan fingerprint density at radius 3 is 2.85 bits per heavy atom. The van der Waals surface area contributed by atoms with Gasteiger partial charge in [-0.2, -0.15) is 0 Å². The molecular formula is C18H25NO. The maximum Gasteiger partial charge on any atom is 0.134 e. The first-order chi connectivity index (χ1) is 9.58. The SMILES string of the molecule is Cc1oc2ccccc2c1CNC1CCCCC1(C)C. The Morgan fingerprint density at radius 2 is 2.05 bits per heavy atom. The molecule has 0 saturated heterocycles. The number of hydrogen-bond donors (Lipinski definition) is 1. The summed E-state index contributed by atoms with van der Waals surface area (Å²) in [5, 5.41) is 5.04. The second-order valence-electron chi connectivity index (χ2n) is 6.80. The van der Waals surface area contributed by atoms with Crippen LogP contribution < -0.4 is 5.32 Å². The molecule has 0 radical (unpaired) electrons. The average Bonchev–Trinajstić information content (AvgIpc) is 2.73. The second kappa shape index (κ2) is 5.25. The summed E-state index contributed by atoms with van der Waals surface area (Å²) in [6.45, 7) is 7.77. The van der Waals surface area contributed by atoms with Crippen LogP contribution in [0.4, 0.5) is 0 Å². The number of nitrogens with one attached hydrogen (secondary N) is 1. The van der Waals surface area contributed by atoms with Crippen LogP contribution in [-0.4, -0.2) is 6.04 Å². The summed E-state index contributed by atoms with van der Waals surface area (Å²) in [5.74, 6) is 1.05. The molecule has 1 aromatic carbocycles. The van der Waals surface area contributed by atoms with Crippen molar-refractivity contribution in [2.75, 3.05) is 0 Å². The Bertz CT molecular complexity index is 596. The molecule has 20 heavy (non-hydrogen) atoms. The standard InChI is InChI=1S/C18H25NO/c1-13-15(14-8-4-5-9-16(14)20-13)12-19-17-10-6-7-11-18(17,2)3/h4-5,8-9,17,19H,6-7,10-12H2,1-3H3. The quantitative estimate of drug-likeness (QED) is 0.867. The molecule has 0 bridgehead atoms. The van der Waals surface area contributed by atoms with Crippen LogP contribution in [-0.2, 0) is 6.54 Å². The van der Waals surface area contributed by atoms with Crippen molar-refractivity contribution >= 4 is 11.0 Å². The van der Waals surface area contributed by atoms with Crippen LogP contribution >= 0.6 is 0 Å². The van der Waals surface area contributed by atoms with Gasteiger partial charge in [-0.3, -0.25) is 0 Å². The fraction of sp³-hybridized carbons (Fsp3) is 0.556. The van der Waals surface area contributed by atoms with Gasteiger partial charge in [-0.25, -0.2) is 0 Å². The summed E-state index contributed by atoms with van der Waals surface area (Å²) < 4.78 is 5.85. The highest BCUT2D eigenvalue weighted by molar-refractivity contribution is 5.82. The molecule has 2 aromatic rings. The predicted molar refractivity (Wildman–Crippen MR) is 83.8 cm³/mol. The van der Waals surface area contributed by atoms with Crippen molar-refractivity contribution < 1.29 is 4.42 Å². The molecule has 2 heteroatoms. The first-order valence-corrected chi connectivity index (χ1v) is 7.78. The van der Waals surface area contributed by atoms with Crippen LogP contribution in [0.5, 0.6) is 0 Å². The van der Waals surface area contributed by atoms with Gasteiger partial charge < -0.3 is 9.73 Å². The van der Waals surface area contributed by atoms with E-state index in [1.54, 1.807) is 0 Å². The second-order valence-corrected chi connectivity index (χ2v) is 6.80. The summed E-state index contributed by atoms with van der Waals surface area (Å²) in [6, 6.07) is 8.95. The van der Waals surface area contributed by atoms with E-state index in [4.69, 9.17) is 4.42 Å². The minimum atomic E-state index is 0.408. The van der Waals surface area contributed by atoms with Crippen LogP contribution in [0.1, 0.15) is 50.9 Å². The molecule has 0 aliphatic heterocycles. The van der Waals surface area contributed by atoms with E-state index >= 15 is 0 Å². The zero-order valence-corrected chi connectivity index (χ0v) is 12.8. The van der Waals surface area contributed by atoms with Crippen molar-refractivity contribution in [1.29, 1.82) is 0 Å². The van der Waals surface area contributed by atoms with Gasteiger partial charge in [0.1, 0.15) is 11.3 Å². The summed E-state index contributed by atoms with van der Waals surface area (Å²) in [6.07, 6.45) is 5.35. The van der Waals surface area contributed by atoms with E-state index < -0.39 is 0 Å². The molecule has 1 N–H and O–H groups in total. The zero-order valence-electron chi connectivity index (χ0n) is 12.8. The highest BCUT2D eigenvalue weighted by Crippen LogP contribution is 2.36. The van der Waals surface area contributed by atoms with Gasteiger partial charge in [0.15, 0.2) is 0 Å². The van der Waals surface area contributed by atoms with Crippen molar-refractivity contribution in [1.82, 2.24) is 5.32 Å². The summed E-state index contributed by atoms with van der Waals surface area (Å²) in [4.78, 5) is 0. The molecule has 0 spiro atoms. The highest BCUT2D eigenvalue weighted by atomic mass is 16.3. The molecule has 1 aromatic heterocycles. The molecular weight excluding hydrogens is 246 g/mol. The van der Waals surface area contributed by atoms with Crippen LogP contribution in [0.2, 0.25) is 0 Å². The Kier molecular flexibility index (Phi) is 3.59. The van der Waals surface area contributed by atoms with Gasteiger partial charge in [-0.1, -0.05) is 44.9 Å². The van der Waals surface area contributed by atoms with Gasteiger partial charge in [0.2, 0.25) is 0 Å². The minimum absolute atomic E-state index is 0.408. The third kappa shape index (κ3) is 2.49. The Labute approximate surface area is 121 Å².